The fourth-order valence-corrected chi connectivity index (χ4v) is 5.61. The van der Waals surface area contributed by atoms with Crippen LogP contribution >= 0.6 is 0 Å². The van der Waals surface area contributed by atoms with E-state index in [9.17, 15) is 5.11 Å². The van der Waals surface area contributed by atoms with E-state index in [0.29, 0.717) is 6.04 Å². The van der Waals surface area contributed by atoms with Gasteiger partial charge in [-0.25, -0.2) is 4.98 Å². The number of fused-ring (bicyclic) bond motifs is 1. The van der Waals surface area contributed by atoms with E-state index in [-0.39, 0.29) is 6.10 Å². The number of nitrogens with zero attached hydrogens (tertiary/aromatic N) is 5. The second-order valence-corrected chi connectivity index (χ2v) is 11.4. The fourth-order valence-electron chi connectivity index (χ4n) is 5.61. The molecule has 196 valence electrons. The van der Waals surface area contributed by atoms with Crippen molar-refractivity contribution >= 4 is 22.6 Å². The highest BCUT2D eigenvalue weighted by atomic mass is 16.3. The second kappa shape index (κ2) is 11.4. The molecule has 0 atom stereocenters. The molecule has 2 saturated carbocycles. The first-order valence-corrected chi connectivity index (χ1v) is 14.0. The molecular weight excluding hydrogens is 448 g/mol. The first-order chi connectivity index (χ1) is 17.5. The Balaban J connectivity index is 1.36. The molecule has 3 aliphatic rings. The molecule has 3 heterocycles. The zero-order valence-corrected chi connectivity index (χ0v) is 22.4. The van der Waals surface area contributed by atoms with E-state index in [0.717, 1.165) is 87.9 Å². The van der Waals surface area contributed by atoms with Gasteiger partial charge in [-0.15, -0.1) is 0 Å². The zero-order valence-electron chi connectivity index (χ0n) is 22.4. The van der Waals surface area contributed by atoms with Gasteiger partial charge in [0.15, 0.2) is 0 Å². The van der Waals surface area contributed by atoms with Crippen molar-refractivity contribution in [2.45, 2.75) is 70.9 Å². The number of rotatable bonds is 9. The van der Waals surface area contributed by atoms with Crippen molar-refractivity contribution in [3.05, 3.63) is 35.7 Å². The van der Waals surface area contributed by atoms with E-state index in [2.05, 4.69) is 63.9 Å². The van der Waals surface area contributed by atoms with Crippen LogP contribution in [0.4, 0.5) is 5.95 Å². The summed E-state index contributed by atoms with van der Waals surface area (Å²) in [4.78, 5) is 14.6. The van der Waals surface area contributed by atoms with E-state index in [1.54, 1.807) is 0 Å². The summed E-state index contributed by atoms with van der Waals surface area (Å²) >= 11 is 0. The van der Waals surface area contributed by atoms with Crippen molar-refractivity contribution in [2.75, 3.05) is 51.6 Å². The average Bonchev–Trinajstić information content (AvgIpc) is 3.63. The number of anilines is 1. The molecule has 2 aromatic heterocycles. The van der Waals surface area contributed by atoms with Crippen LogP contribution in [-0.4, -0.2) is 81.9 Å². The number of piperazine rings is 1. The van der Waals surface area contributed by atoms with Gasteiger partial charge in [-0.1, -0.05) is 30.6 Å². The van der Waals surface area contributed by atoms with Crippen LogP contribution in [-0.2, 0) is 0 Å². The van der Waals surface area contributed by atoms with Gasteiger partial charge < -0.3 is 19.9 Å². The molecule has 3 fully saturated rings. The minimum Gasteiger partial charge on any atom is -0.393 e. The van der Waals surface area contributed by atoms with E-state index >= 15 is 0 Å². The van der Waals surface area contributed by atoms with Crippen LogP contribution in [0.25, 0.3) is 16.6 Å². The van der Waals surface area contributed by atoms with Gasteiger partial charge in [-0.05, 0) is 64.5 Å². The fraction of sp³-hybridized carbons (Fsp3) is 0.655. The lowest BCUT2D eigenvalue weighted by atomic mass is 9.93. The smallest absolute Gasteiger partial charge is 0.224 e. The van der Waals surface area contributed by atoms with Gasteiger partial charge in [0.25, 0.3) is 0 Å². The molecule has 0 spiro atoms. The van der Waals surface area contributed by atoms with Gasteiger partial charge in [0, 0.05) is 68.7 Å². The number of aliphatic hydroxyl groups excluding tert-OH is 1. The lowest BCUT2D eigenvalue weighted by molar-refractivity contribution is 0.111. The Morgan fingerprint density at radius 2 is 1.81 bits per heavy atom. The minimum atomic E-state index is -0.160. The van der Waals surface area contributed by atoms with Crippen molar-refractivity contribution in [1.82, 2.24) is 24.3 Å². The molecule has 7 heteroatoms. The topological polar surface area (TPSA) is 69.4 Å². The van der Waals surface area contributed by atoms with Crippen LogP contribution in [0.2, 0.25) is 0 Å². The Morgan fingerprint density at radius 1 is 1.06 bits per heavy atom. The van der Waals surface area contributed by atoms with Crippen LogP contribution in [0.3, 0.4) is 0 Å². The number of hydrogen-bond donors (Lipinski definition) is 2. The van der Waals surface area contributed by atoms with Crippen LogP contribution in [0.1, 0.15) is 70.4 Å². The summed E-state index contributed by atoms with van der Waals surface area (Å²) < 4.78 is 2.36. The largest absolute Gasteiger partial charge is 0.393 e. The molecule has 0 bridgehead atoms. The maximum Gasteiger partial charge on any atom is 0.224 e. The van der Waals surface area contributed by atoms with Crippen LogP contribution in [0.5, 0.6) is 0 Å². The van der Waals surface area contributed by atoms with E-state index in [4.69, 9.17) is 4.98 Å². The summed E-state index contributed by atoms with van der Waals surface area (Å²) in [5.74, 6) is 1.63. The van der Waals surface area contributed by atoms with Crippen LogP contribution in [0, 0.1) is 5.92 Å². The standard InChI is InChI=1S/C29H44N6O/c1-21(19-34-16-14-33(3)15-17-34)4-5-22(2)27-20-35(24-8-10-25(36)11-9-24)28-26(27)18-31-29(32-28)30-13-12-23-6-7-23/h4-5,18,20,23-25,36H,6-17,19H2,1-3H3,(H,30,31,32)/b21-4+,22-5+/t24-,25-. The molecule has 1 saturated heterocycles. The van der Waals surface area contributed by atoms with Crippen LogP contribution < -0.4 is 5.32 Å². The molecule has 0 amide bonds. The van der Waals surface area contributed by atoms with E-state index in [1.165, 1.54) is 36.0 Å². The van der Waals surface area contributed by atoms with Crippen molar-refractivity contribution in [1.29, 1.82) is 0 Å². The van der Waals surface area contributed by atoms with Crippen molar-refractivity contribution in [3.8, 4) is 0 Å². The molecule has 0 aromatic carbocycles. The summed E-state index contributed by atoms with van der Waals surface area (Å²) in [5.41, 5.74) is 4.86. The van der Waals surface area contributed by atoms with E-state index < -0.39 is 0 Å². The Kier molecular flexibility index (Phi) is 8.09. The maximum atomic E-state index is 10.1. The number of aliphatic hydroxyl groups is 1. The van der Waals surface area contributed by atoms with Crippen molar-refractivity contribution in [2.24, 2.45) is 5.92 Å². The molecule has 2 N–H and O–H groups in total. The summed E-state index contributed by atoms with van der Waals surface area (Å²) in [5, 5.41) is 14.6. The normalized spacial score (nSPS) is 25.0. The predicted molar refractivity (Wildman–Crippen MR) is 148 cm³/mol. The number of nitrogens with one attached hydrogen (secondary N) is 1. The average molecular weight is 493 g/mol. The molecule has 5 rings (SSSR count). The minimum absolute atomic E-state index is 0.160. The highest BCUT2D eigenvalue weighted by Crippen LogP contribution is 2.35. The van der Waals surface area contributed by atoms with Gasteiger partial charge in [-0.3, -0.25) is 4.90 Å². The number of hydrogen-bond acceptors (Lipinski definition) is 6. The van der Waals surface area contributed by atoms with Gasteiger partial charge in [0.2, 0.25) is 5.95 Å². The summed E-state index contributed by atoms with van der Waals surface area (Å²) in [6.07, 6.45) is 16.3. The Bertz CT molecular complexity index is 1080. The highest BCUT2D eigenvalue weighted by Gasteiger charge is 2.24. The number of likely N-dealkylation sites (N-methyl/N-ethyl adjacent to an activating group) is 1. The summed E-state index contributed by atoms with van der Waals surface area (Å²) in [7, 11) is 2.20. The monoisotopic (exact) mass is 492 g/mol. The predicted octanol–water partition coefficient (Wildman–Crippen LogP) is 4.72. The molecule has 0 unspecified atom stereocenters. The quantitative estimate of drug-likeness (QED) is 0.494. The number of aromatic nitrogens is 3. The lowest BCUT2D eigenvalue weighted by Crippen LogP contribution is -2.44. The first-order valence-electron chi connectivity index (χ1n) is 14.0. The first kappa shape index (κ1) is 25.4. The van der Waals surface area contributed by atoms with E-state index in [1.807, 2.05) is 6.20 Å². The Morgan fingerprint density at radius 3 is 2.53 bits per heavy atom. The molecule has 2 aromatic rings. The number of allylic oxidation sites excluding steroid dienone is 3. The lowest BCUT2D eigenvalue weighted by Gasteiger charge is -2.32. The Labute approximate surface area is 216 Å². The highest BCUT2D eigenvalue weighted by molar-refractivity contribution is 5.91. The third kappa shape index (κ3) is 6.36. The van der Waals surface area contributed by atoms with Crippen LogP contribution in [0.15, 0.2) is 30.1 Å². The molecule has 0 radical (unpaired) electrons. The molecule has 2 aliphatic carbocycles. The second-order valence-electron chi connectivity index (χ2n) is 11.4. The summed E-state index contributed by atoms with van der Waals surface area (Å²) in [6.45, 7) is 11.0. The SMILES string of the molecule is C/C(=C\C=C(/C)c1cn([C@H]2CC[C@H](O)CC2)c2nc(NCCC3CC3)ncc12)CN1CCN(C)CC1. The third-order valence-electron chi connectivity index (χ3n) is 8.28. The van der Waals surface area contributed by atoms with Gasteiger partial charge in [0.05, 0.1) is 6.10 Å². The third-order valence-corrected chi connectivity index (χ3v) is 8.28. The molecule has 7 nitrogen and oxygen atoms in total. The van der Waals surface area contributed by atoms with Crippen molar-refractivity contribution < 1.29 is 5.11 Å². The maximum absolute atomic E-state index is 10.1. The van der Waals surface area contributed by atoms with Gasteiger partial charge in [-0.2, -0.15) is 4.98 Å². The summed E-state index contributed by atoms with van der Waals surface area (Å²) in [6, 6.07) is 0.376. The zero-order chi connectivity index (χ0) is 25.1. The van der Waals surface area contributed by atoms with Crippen molar-refractivity contribution in [3.63, 3.8) is 0 Å². The molecule has 36 heavy (non-hydrogen) atoms. The Hall–Kier alpha value is -2.22. The molecular formula is C29H44N6O. The molecule has 1 aliphatic heterocycles. The van der Waals surface area contributed by atoms with Gasteiger partial charge >= 0.3 is 0 Å². The van der Waals surface area contributed by atoms with Gasteiger partial charge in [0.1, 0.15) is 5.65 Å².